The molecule has 0 fully saturated rings. The number of unbranched alkanes of at least 4 members (excludes halogenated alkanes) is 3. The van der Waals surface area contributed by atoms with E-state index in [9.17, 15) is 9.59 Å². The fraction of sp³-hybridized carbons (Fsp3) is 0.286. The normalized spacial score (nSPS) is 10.3. The quantitative estimate of drug-likeness (QED) is 0.361. The van der Waals surface area contributed by atoms with Crippen LogP contribution in [-0.2, 0) is 0 Å². The minimum absolute atomic E-state index is 0.0533. The van der Waals surface area contributed by atoms with Crippen molar-refractivity contribution in [2.75, 3.05) is 11.9 Å². The van der Waals surface area contributed by atoms with E-state index in [2.05, 4.69) is 33.5 Å². The summed E-state index contributed by atoms with van der Waals surface area (Å²) in [4.78, 5) is 24.3. The second kappa shape index (κ2) is 11.5. The van der Waals surface area contributed by atoms with E-state index in [1.165, 1.54) is 0 Å². The fourth-order valence-corrected chi connectivity index (χ4v) is 3.21. The van der Waals surface area contributed by atoms with Crippen molar-refractivity contribution < 1.29 is 14.3 Å². The highest BCUT2D eigenvalue weighted by Gasteiger charge is 2.16. The predicted molar refractivity (Wildman–Crippen MR) is 122 cm³/mol. The van der Waals surface area contributed by atoms with E-state index in [4.69, 9.17) is 22.7 Å². The number of primary amides is 1. The van der Waals surface area contributed by atoms with E-state index in [1.807, 2.05) is 6.07 Å². The summed E-state index contributed by atoms with van der Waals surface area (Å²) in [6, 6.07) is 11.9. The molecule has 0 aliphatic rings. The van der Waals surface area contributed by atoms with Gasteiger partial charge in [0.2, 0.25) is 0 Å². The van der Waals surface area contributed by atoms with Crippen LogP contribution in [0.15, 0.2) is 46.9 Å². The molecule has 2 amide bonds. The van der Waals surface area contributed by atoms with Gasteiger partial charge in [0.25, 0.3) is 11.8 Å². The van der Waals surface area contributed by atoms with E-state index < -0.39 is 11.8 Å². The summed E-state index contributed by atoms with van der Waals surface area (Å²) >= 11 is 8.60. The van der Waals surface area contributed by atoms with Gasteiger partial charge in [-0.05, 0) is 49.0 Å². The van der Waals surface area contributed by atoms with Gasteiger partial charge in [-0.1, -0.05) is 54.2 Å². The number of halogens is 1. The van der Waals surface area contributed by atoms with Crippen LogP contribution < -0.4 is 21.1 Å². The van der Waals surface area contributed by atoms with Crippen molar-refractivity contribution in [1.82, 2.24) is 5.32 Å². The number of carbonyl (C=O) groups is 2. The van der Waals surface area contributed by atoms with Crippen LogP contribution in [-0.4, -0.2) is 23.5 Å². The number of carbonyl (C=O) groups excluding carboxylic acids is 2. The third-order valence-corrected chi connectivity index (χ3v) is 4.81. The van der Waals surface area contributed by atoms with Crippen LogP contribution in [0.5, 0.6) is 5.75 Å². The molecule has 0 atom stereocenters. The Hall–Kier alpha value is -2.45. The number of nitrogens with two attached hydrogens (primary N) is 1. The van der Waals surface area contributed by atoms with Crippen LogP contribution in [0.2, 0.25) is 0 Å². The average molecular weight is 478 g/mol. The van der Waals surface area contributed by atoms with Crippen molar-refractivity contribution in [3.05, 3.63) is 58.1 Å². The van der Waals surface area contributed by atoms with E-state index in [0.717, 1.165) is 30.2 Å². The Balaban J connectivity index is 2.05. The summed E-state index contributed by atoms with van der Waals surface area (Å²) in [7, 11) is 0. The standard InChI is InChI=1S/C21H24BrN3O3S/c1-2-3-4-7-12-28-18-11-10-14(22)13-16(18)20(27)25-21(29)24-17-9-6-5-8-15(17)19(23)26/h5-6,8-11,13H,2-4,7,12H2,1H3,(H2,23,26)(H2,24,25,27,29). The molecule has 2 aromatic carbocycles. The molecule has 2 aromatic rings. The molecule has 0 heterocycles. The molecule has 6 nitrogen and oxygen atoms in total. The SMILES string of the molecule is CCCCCCOc1ccc(Br)cc1C(=O)NC(=S)Nc1ccccc1C(N)=O. The molecule has 0 radical (unpaired) electrons. The average Bonchev–Trinajstić information content (AvgIpc) is 2.68. The molecule has 0 saturated heterocycles. The number of ether oxygens (including phenoxy) is 1. The number of hydrogen-bond donors (Lipinski definition) is 3. The molecule has 2 rings (SSSR count). The number of anilines is 1. The summed E-state index contributed by atoms with van der Waals surface area (Å²) in [5.41, 5.74) is 6.43. The largest absolute Gasteiger partial charge is 0.493 e. The van der Waals surface area contributed by atoms with E-state index in [-0.39, 0.29) is 10.7 Å². The third-order valence-electron chi connectivity index (χ3n) is 4.11. The Labute approximate surface area is 184 Å². The molecule has 0 aliphatic carbocycles. The van der Waals surface area contributed by atoms with Crippen LogP contribution in [0.25, 0.3) is 0 Å². The molecule has 154 valence electrons. The fourth-order valence-electron chi connectivity index (χ4n) is 2.65. The second-order valence-electron chi connectivity index (χ2n) is 6.37. The van der Waals surface area contributed by atoms with E-state index >= 15 is 0 Å². The molecule has 0 saturated carbocycles. The molecule has 0 aromatic heterocycles. The monoisotopic (exact) mass is 477 g/mol. The van der Waals surface area contributed by atoms with Crippen LogP contribution in [0.3, 0.4) is 0 Å². The van der Waals surface area contributed by atoms with Gasteiger partial charge >= 0.3 is 0 Å². The first kappa shape index (κ1) is 22.8. The Morgan fingerprint density at radius 1 is 1.10 bits per heavy atom. The van der Waals surface area contributed by atoms with Crippen LogP contribution >= 0.6 is 28.1 Å². The number of rotatable bonds is 9. The third kappa shape index (κ3) is 7.14. The first-order valence-corrected chi connectivity index (χ1v) is 10.6. The lowest BCUT2D eigenvalue weighted by molar-refractivity contribution is 0.0971. The number of amides is 2. The summed E-state index contributed by atoms with van der Waals surface area (Å²) in [6.07, 6.45) is 4.32. The van der Waals surface area contributed by atoms with E-state index in [0.29, 0.717) is 23.6 Å². The van der Waals surface area contributed by atoms with Crippen molar-refractivity contribution in [1.29, 1.82) is 0 Å². The highest BCUT2D eigenvalue weighted by molar-refractivity contribution is 9.10. The molecule has 0 bridgehead atoms. The first-order chi connectivity index (χ1) is 13.9. The number of para-hydroxylation sites is 1. The predicted octanol–water partition coefficient (Wildman–Crippen LogP) is 4.63. The first-order valence-electron chi connectivity index (χ1n) is 9.36. The Morgan fingerprint density at radius 3 is 2.59 bits per heavy atom. The Morgan fingerprint density at radius 2 is 1.86 bits per heavy atom. The maximum absolute atomic E-state index is 12.7. The minimum atomic E-state index is -0.590. The van der Waals surface area contributed by atoms with Gasteiger partial charge in [0.05, 0.1) is 23.4 Å². The van der Waals surface area contributed by atoms with Crippen molar-refractivity contribution in [3.63, 3.8) is 0 Å². The molecular weight excluding hydrogens is 454 g/mol. The maximum Gasteiger partial charge on any atom is 0.261 e. The molecule has 0 spiro atoms. The van der Waals surface area contributed by atoms with Gasteiger partial charge in [0.15, 0.2) is 5.11 Å². The van der Waals surface area contributed by atoms with Crippen LogP contribution in [0.4, 0.5) is 5.69 Å². The van der Waals surface area contributed by atoms with Gasteiger partial charge in [0.1, 0.15) is 5.75 Å². The molecule has 8 heteroatoms. The molecule has 0 aliphatic heterocycles. The maximum atomic E-state index is 12.7. The second-order valence-corrected chi connectivity index (χ2v) is 7.69. The zero-order chi connectivity index (χ0) is 21.2. The summed E-state index contributed by atoms with van der Waals surface area (Å²) in [5, 5.41) is 5.51. The number of benzene rings is 2. The molecule has 0 unspecified atom stereocenters. The summed E-state index contributed by atoms with van der Waals surface area (Å²) < 4.78 is 6.55. The number of thiocarbonyl (C=S) groups is 1. The lowest BCUT2D eigenvalue weighted by atomic mass is 10.1. The van der Waals surface area contributed by atoms with E-state index in [1.54, 1.807) is 36.4 Å². The highest BCUT2D eigenvalue weighted by Crippen LogP contribution is 2.24. The Kier molecular flexibility index (Phi) is 9.08. The number of nitrogens with one attached hydrogen (secondary N) is 2. The van der Waals surface area contributed by atoms with Gasteiger partial charge in [0, 0.05) is 4.47 Å². The van der Waals surface area contributed by atoms with Crippen molar-refractivity contribution in [2.45, 2.75) is 32.6 Å². The van der Waals surface area contributed by atoms with Gasteiger partial charge in [-0.15, -0.1) is 0 Å². The van der Waals surface area contributed by atoms with Crippen molar-refractivity contribution >= 4 is 50.8 Å². The summed E-state index contributed by atoms with van der Waals surface area (Å²) in [5.74, 6) is -0.514. The molecular formula is C21H24BrN3O3S. The van der Waals surface area contributed by atoms with Crippen molar-refractivity contribution in [3.8, 4) is 5.75 Å². The van der Waals surface area contributed by atoms with Gasteiger partial charge in [-0.2, -0.15) is 0 Å². The van der Waals surface area contributed by atoms with Gasteiger partial charge in [-0.3, -0.25) is 14.9 Å². The number of hydrogen-bond acceptors (Lipinski definition) is 4. The zero-order valence-electron chi connectivity index (χ0n) is 16.2. The molecule has 4 N–H and O–H groups in total. The molecule has 29 heavy (non-hydrogen) atoms. The van der Waals surface area contributed by atoms with Gasteiger partial charge in [-0.25, -0.2) is 0 Å². The minimum Gasteiger partial charge on any atom is -0.493 e. The smallest absolute Gasteiger partial charge is 0.261 e. The van der Waals surface area contributed by atoms with Crippen molar-refractivity contribution in [2.24, 2.45) is 5.73 Å². The topological polar surface area (TPSA) is 93.4 Å². The summed E-state index contributed by atoms with van der Waals surface area (Å²) in [6.45, 7) is 2.69. The highest BCUT2D eigenvalue weighted by atomic mass is 79.9. The van der Waals surface area contributed by atoms with Crippen LogP contribution in [0, 0.1) is 0 Å². The van der Waals surface area contributed by atoms with Gasteiger partial charge < -0.3 is 15.8 Å². The Bertz CT molecular complexity index is 889. The van der Waals surface area contributed by atoms with Crippen LogP contribution in [0.1, 0.15) is 53.3 Å². The lowest BCUT2D eigenvalue weighted by Gasteiger charge is -2.14. The lowest BCUT2D eigenvalue weighted by Crippen LogP contribution is -2.35. The zero-order valence-corrected chi connectivity index (χ0v) is 18.6.